The molecule has 5 rings (SSSR count). The van der Waals surface area contributed by atoms with Gasteiger partial charge in [-0.3, -0.25) is 14.5 Å². The number of urea groups is 1. The topological polar surface area (TPSA) is 93.2 Å². The van der Waals surface area contributed by atoms with Crippen LogP contribution >= 0.6 is 0 Å². The lowest BCUT2D eigenvalue weighted by Gasteiger charge is -2.45. The molecular weight excluding hydrogens is 460 g/mol. The fraction of sp³-hybridized carbons (Fsp3) is 0.143. The first-order valence-corrected chi connectivity index (χ1v) is 11.4. The van der Waals surface area contributed by atoms with Crippen LogP contribution in [-0.2, 0) is 14.3 Å². The smallest absolute Gasteiger partial charge is 0.347 e. The van der Waals surface area contributed by atoms with Crippen molar-refractivity contribution < 1.29 is 28.7 Å². The Morgan fingerprint density at radius 3 is 2.06 bits per heavy atom. The van der Waals surface area contributed by atoms with Gasteiger partial charge in [-0.05, 0) is 36.8 Å². The van der Waals surface area contributed by atoms with E-state index in [1.54, 1.807) is 91.9 Å². The molecule has 1 atom stereocenters. The van der Waals surface area contributed by atoms with E-state index in [0.717, 1.165) is 9.80 Å². The summed E-state index contributed by atoms with van der Waals surface area (Å²) in [5, 5.41) is 0. The number of carbonyl (C=O) groups excluding carboxylic acids is 4. The summed E-state index contributed by atoms with van der Waals surface area (Å²) in [6, 6.07) is 22.5. The minimum atomic E-state index is -2.13. The summed E-state index contributed by atoms with van der Waals surface area (Å²) in [6.45, 7) is 1.60. The van der Waals surface area contributed by atoms with Gasteiger partial charge in [-0.15, -0.1) is 0 Å². The zero-order valence-corrected chi connectivity index (χ0v) is 19.6. The average molecular weight is 482 g/mol. The molecule has 0 aromatic heterocycles. The zero-order chi connectivity index (χ0) is 25.4. The fourth-order valence-electron chi connectivity index (χ4n) is 4.67. The quantitative estimate of drug-likeness (QED) is 0.218. The van der Waals surface area contributed by atoms with E-state index in [4.69, 9.17) is 9.47 Å². The number of imide groups is 1. The molecule has 0 aliphatic carbocycles. The Hall–Kier alpha value is -4.72. The number of carbonyl (C=O) groups is 4. The first kappa shape index (κ1) is 23.0. The van der Waals surface area contributed by atoms with Gasteiger partial charge in [0, 0.05) is 11.1 Å². The normalized spacial score (nSPS) is 18.6. The molecule has 8 heteroatoms. The Labute approximate surface area is 207 Å². The number of Topliss-reactive ketones (excluding diaryl/α,β-unsaturated/α-hetero) is 1. The Balaban J connectivity index is 1.77. The molecular formula is C28H22N2O6. The third-order valence-electron chi connectivity index (χ3n) is 6.27. The summed E-state index contributed by atoms with van der Waals surface area (Å²) < 4.78 is 10.6. The summed E-state index contributed by atoms with van der Waals surface area (Å²) in [7, 11) is 1.51. The van der Waals surface area contributed by atoms with Crippen LogP contribution in [0.4, 0.5) is 10.5 Å². The van der Waals surface area contributed by atoms with Gasteiger partial charge in [-0.1, -0.05) is 60.7 Å². The van der Waals surface area contributed by atoms with Gasteiger partial charge in [-0.2, -0.15) is 0 Å². The molecule has 3 amide bonds. The van der Waals surface area contributed by atoms with Crippen molar-refractivity contribution in [3.05, 3.63) is 102 Å². The third kappa shape index (κ3) is 3.15. The lowest BCUT2D eigenvalue weighted by atomic mass is 9.73. The minimum absolute atomic E-state index is 0.0148. The highest BCUT2D eigenvalue weighted by atomic mass is 16.5. The van der Waals surface area contributed by atoms with Crippen LogP contribution < -0.4 is 9.64 Å². The highest BCUT2D eigenvalue weighted by molar-refractivity contribution is 6.42. The number of rotatable bonds is 7. The van der Waals surface area contributed by atoms with E-state index in [1.807, 2.05) is 0 Å². The van der Waals surface area contributed by atoms with Gasteiger partial charge < -0.3 is 9.47 Å². The Morgan fingerprint density at radius 2 is 1.47 bits per heavy atom. The molecule has 2 heterocycles. The summed E-state index contributed by atoms with van der Waals surface area (Å²) in [5.74, 6) is -1.65. The first-order valence-electron chi connectivity index (χ1n) is 11.4. The van der Waals surface area contributed by atoms with Crippen LogP contribution in [-0.4, -0.2) is 47.8 Å². The van der Waals surface area contributed by atoms with Crippen molar-refractivity contribution in [1.29, 1.82) is 0 Å². The van der Waals surface area contributed by atoms with E-state index in [1.165, 1.54) is 7.11 Å². The Kier molecular flexibility index (Phi) is 5.64. The number of allylic oxidation sites excluding steroid dienone is 1. The van der Waals surface area contributed by atoms with E-state index in [9.17, 15) is 19.2 Å². The summed E-state index contributed by atoms with van der Waals surface area (Å²) in [4.78, 5) is 56.9. The number of ether oxygens (including phenoxy) is 2. The van der Waals surface area contributed by atoms with Gasteiger partial charge in [0.25, 0.3) is 11.4 Å². The van der Waals surface area contributed by atoms with Crippen LogP contribution in [0, 0.1) is 0 Å². The zero-order valence-electron chi connectivity index (χ0n) is 19.6. The minimum Gasteiger partial charge on any atom is -0.497 e. The number of para-hydroxylation sites is 1. The van der Waals surface area contributed by atoms with Crippen LogP contribution in [0.25, 0.3) is 5.57 Å². The third-order valence-corrected chi connectivity index (χ3v) is 6.27. The van der Waals surface area contributed by atoms with Crippen LogP contribution in [0.15, 0.2) is 90.6 Å². The number of hydrogen-bond acceptors (Lipinski definition) is 6. The first-order chi connectivity index (χ1) is 17.5. The molecule has 3 aromatic carbocycles. The molecule has 0 radical (unpaired) electrons. The highest BCUT2D eigenvalue weighted by Crippen LogP contribution is 2.54. The van der Waals surface area contributed by atoms with Crippen LogP contribution in [0.3, 0.4) is 0 Å². The second-order valence-electron chi connectivity index (χ2n) is 8.17. The molecule has 0 N–H and O–H groups in total. The standard InChI is InChI=1S/C28H22N2O6/c1-3-36-26(33)28-22(18-14-16-21(35-2)17-15-18)23(24(31)19-10-6-4-7-11-19)30(28)27(34)29(25(28)32)20-12-8-5-9-13-20/h4-17H,3H2,1-2H3. The van der Waals surface area contributed by atoms with Crippen LogP contribution in [0.2, 0.25) is 0 Å². The molecule has 180 valence electrons. The maximum atomic E-state index is 14.0. The van der Waals surface area contributed by atoms with Crippen molar-refractivity contribution >= 4 is 35.0 Å². The molecule has 36 heavy (non-hydrogen) atoms. The van der Waals surface area contributed by atoms with E-state index in [-0.39, 0.29) is 23.6 Å². The van der Waals surface area contributed by atoms with Gasteiger partial charge in [-0.25, -0.2) is 14.5 Å². The van der Waals surface area contributed by atoms with Crippen LogP contribution in [0.5, 0.6) is 5.75 Å². The largest absolute Gasteiger partial charge is 0.497 e. The molecule has 2 aliphatic heterocycles. The number of benzene rings is 3. The SMILES string of the molecule is CCOC(=O)C12C(=O)N(c3ccccc3)C(=O)N1C(C(=O)c1ccccc1)=C2c1ccc(OC)cc1. The van der Waals surface area contributed by atoms with Gasteiger partial charge in [0.2, 0.25) is 5.78 Å². The summed E-state index contributed by atoms with van der Waals surface area (Å²) >= 11 is 0. The summed E-state index contributed by atoms with van der Waals surface area (Å²) in [5.41, 5.74) is -1.03. The lowest BCUT2D eigenvalue weighted by molar-refractivity contribution is -0.155. The molecule has 2 aliphatic rings. The number of hydrogen-bond donors (Lipinski definition) is 0. The van der Waals surface area contributed by atoms with Crippen molar-refractivity contribution in [3.63, 3.8) is 0 Å². The van der Waals surface area contributed by atoms with Crippen molar-refractivity contribution in [2.45, 2.75) is 12.5 Å². The lowest BCUT2D eigenvalue weighted by Crippen LogP contribution is -2.65. The summed E-state index contributed by atoms with van der Waals surface area (Å²) in [6.07, 6.45) is 0. The second-order valence-corrected chi connectivity index (χ2v) is 8.17. The monoisotopic (exact) mass is 482 g/mol. The van der Waals surface area contributed by atoms with Gasteiger partial charge in [0.05, 0.1) is 19.4 Å². The number of ketones is 1. The van der Waals surface area contributed by atoms with Gasteiger partial charge >= 0.3 is 12.0 Å². The van der Waals surface area contributed by atoms with Gasteiger partial charge in [0.15, 0.2) is 0 Å². The number of esters is 1. The molecule has 0 bridgehead atoms. The fourth-order valence-corrected chi connectivity index (χ4v) is 4.67. The maximum Gasteiger partial charge on any atom is 0.347 e. The molecule has 0 saturated carbocycles. The number of anilines is 1. The van der Waals surface area contributed by atoms with Crippen molar-refractivity contribution in [2.24, 2.45) is 0 Å². The number of nitrogens with zero attached hydrogens (tertiary/aromatic N) is 2. The Bertz CT molecular complexity index is 1400. The van der Waals surface area contributed by atoms with E-state index in [0.29, 0.717) is 16.9 Å². The molecule has 3 aromatic rings. The van der Waals surface area contributed by atoms with E-state index < -0.39 is 29.2 Å². The molecule has 8 nitrogen and oxygen atoms in total. The predicted molar refractivity (Wildman–Crippen MR) is 131 cm³/mol. The predicted octanol–water partition coefficient (Wildman–Crippen LogP) is 4.07. The highest BCUT2D eigenvalue weighted by Gasteiger charge is 2.74. The second kappa shape index (κ2) is 8.81. The number of fused-ring (bicyclic) bond motifs is 1. The van der Waals surface area contributed by atoms with Crippen molar-refractivity contribution in [3.8, 4) is 5.75 Å². The average Bonchev–Trinajstić information content (AvgIpc) is 3.08. The molecule has 1 fully saturated rings. The number of amides is 3. The van der Waals surface area contributed by atoms with Crippen molar-refractivity contribution in [1.82, 2.24) is 4.90 Å². The molecule has 0 spiro atoms. The maximum absolute atomic E-state index is 14.0. The number of methoxy groups -OCH3 is 1. The Morgan fingerprint density at radius 1 is 0.861 bits per heavy atom. The van der Waals surface area contributed by atoms with E-state index >= 15 is 0 Å². The van der Waals surface area contributed by atoms with Crippen LogP contribution in [0.1, 0.15) is 22.8 Å². The van der Waals surface area contributed by atoms with Gasteiger partial charge in [0.1, 0.15) is 11.4 Å². The van der Waals surface area contributed by atoms with E-state index in [2.05, 4.69) is 0 Å². The molecule has 1 saturated heterocycles. The van der Waals surface area contributed by atoms with Crippen molar-refractivity contribution in [2.75, 3.05) is 18.6 Å². The molecule has 1 unspecified atom stereocenters.